The average Bonchev–Trinajstić information content (AvgIpc) is 3.05. The highest BCUT2D eigenvalue weighted by atomic mass is 19.4. The van der Waals surface area contributed by atoms with Gasteiger partial charge in [-0.25, -0.2) is 9.67 Å². The number of fused-ring (bicyclic) bond motifs is 1. The Morgan fingerprint density at radius 3 is 2.52 bits per heavy atom. The molecule has 10 heteroatoms. The molecule has 3 heterocycles. The van der Waals surface area contributed by atoms with Crippen LogP contribution in [0.3, 0.4) is 0 Å². The van der Waals surface area contributed by atoms with Crippen LogP contribution in [0.1, 0.15) is 24.1 Å². The summed E-state index contributed by atoms with van der Waals surface area (Å²) in [6.07, 6.45) is -3.24. The minimum Gasteiger partial charge on any atom is -0.406 e. The number of aromatic nitrogens is 3. The van der Waals surface area contributed by atoms with E-state index in [1.54, 1.807) is 17.9 Å². The molecule has 162 valence electrons. The van der Waals surface area contributed by atoms with E-state index in [4.69, 9.17) is 0 Å². The number of rotatable bonds is 5. The minimum absolute atomic E-state index is 0.0608. The molecule has 1 aromatic carbocycles. The second-order valence-electron chi connectivity index (χ2n) is 7.35. The van der Waals surface area contributed by atoms with Crippen molar-refractivity contribution in [1.82, 2.24) is 19.7 Å². The van der Waals surface area contributed by atoms with Crippen LogP contribution < -0.4 is 4.74 Å². The van der Waals surface area contributed by atoms with Crippen molar-refractivity contribution in [2.45, 2.75) is 25.8 Å². The Morgan fingerprint density at radius 1 is 1.26 bits per heavy atom. The monoisotopic (exact) mass is 432 g/mol. The highest BCUT2D eigenvalue weighted by Crippen LogP contribution is 2.35. The van der Waals surface area contributed by atoms with Gasteiger partial charge in [0.2, 0.25) is 5.91 Å². The van der Waals surface area contributed by atoms with Crippen LogP contribution in [0.2, 0.25) is 0 Å². The van der Waals surface area contributed by atoms with Gasteiger partial charge >= 0.3 is 6.36 Å². The molecule has 0 unspecified atom stereocenters. The van der Waals surface area contributed by atoms with E-state index in [-0.39, 0.29) is 24.2 Å². The summed E-state index contributed by atoms with van der Waals surface area (Å²) in [6.45, 7) is 6.01. The summed E-state index contributed by atoms with van der Waals surface area (Å²) < 4.78 is 42.7. The molecule has 0 atom stereocenters. The van der Waals surface area contributed by atoms with E-state index >= 15 is 0 Å². The van der Waals surface area contributed by atoms with Crippen LogP contribution in [0.5, 0.6) is 5.75 Å². The number of aliphatic hydroxyl groups is 1. The van der Waals surface area contributed by atoms with Gasteiger partial charge in [0, 0.05) is 36.2 Å². The van der Waals surface area contributed by atoms with Crippen LogP contribution in [0.15, 0.2) is 48.7 Å². The van der Waals surface area contributed by atoms with Crippen molar-refractivity contribution in [3.63, 3.8) is 0 Å². The van der Waals surface area contributed by atoms with Gasteiger partial charge in [0.05, 0.1) is 18.0 Å². The van der Waals surface area contributed by atoms with Crippen molar-refractivity contribution in [3.05, 3.63) is 59.9 Å². The van der Waals surface area contributed by atoms with E-state index in [9.17, 15) is 23.1 Å². The fraction of sp³-hybridized carbons (Fsp3) is 0.286. The lowest BCUT2D eigenvalue weighted by atomic mass is 9.92. The summed E-state index contributed by atoms with van der Waals surface area (Å²) >= 11 is 0. The van der Waals surface area contributed by atoms with E-state index in [1.165, 1.54) is 35.1 Å². The topological polar surface area (TPSA) is 80.5 Å². The zero-order chi connectivity index (χ0) is 22.3. The average molecular weight is 432 g/mol. The molecule has 1 aliphatic rings. The van der Waals surface area contributed by atoms with Crippen molar-refractivity contribution in [2.24, 2.45) is 0 Å². The third-order valence-electron chi connectivity index (χ3n) is 5.09. The molecule has 0 radical (unpaired) electrons. The molecule has 1 N–H and O–H groups in total. The highest BCUT2D eigenvalue weighted by molar-refractivity contribution is 5.93. The molecule has 2 aromatic heterocycles. The Kier molecular flexibility index (Phi) is 5.18. The number of aliphatic hydroxyl groups excluding tert-OH is 1. The maximum Gasteiger partial charge on any atom is 0.573 e. The maximum atomic E-state index is 12.4. The van der Waals surface area contributed by atoms with Gasteiger partial charge in [0.15, 0.2) is 5.65 Å². The first-order chi connectivity index (χ1) is 14.7. The predicted octanol–water partition coefficient (Wildman–Crippen LogP) is 3.31. The van der Waals surface area contributed by atoms with Gasteiger partial charge in [-0.05, 0) is 42.8 Å². The van der Waals surface area contributed by atoms with Crippen molar-refractivity contribution in [2.75, 3.05) is 13.1 Å². The molecule has 1 fully saturated rings. The van der Waals surface area contributed by atoms with E-state index in [0.29, 0.717) is 46.6 Å². The summed E-state index contributed by atoms with van der Waals surface area (Å²) in [5.41, 5.74) is 2.72. The first-order valence-corrected chi connectivity index (χ1v) is 9.46. The molecule has 7 nitrogen and oxygen atoms in total. The zero-order valence-corrected chi connectivity index (χ0v) is 16.6. The quantitative estimate of drug-likeness (QED) is 0.626. The summed E-state index contributed by atoms with van der Waals surface area (Å²) in [7, 11) is 0. The Labute approximate surface area is 175 Å². The number of ether oxygens (including phenoxy) is 1. The number of pyridine rings is 1. The summed E-state index contributed by atoms with van der Waals surface area (Å²) in [4.78, 5) is 18.1. The van der Waals surface area contributed by atoms with Gasteiger partial charge in [0.25, 0.3) is 0 Å². The first kappa shape index (κ1) is 20.9. The minimum atomic E-state index is -4.78. The normalized spacial score (nSPS) is 14.5. The molecule has 31 heavy (non-hydrogen) atoms. The second-order valence-corrected chi connectivity index (χ2v) is 7.35. The first-order valence-electron chi connectivity index (χ1n) is 9.46. The predicted molar refractivity (Wildman–Crippen MR) is 106 cm³/mol. The third-order valence-corrected chi connectivity index (χ3v) is 5.09. The Bertz CT molecular complexity index is 1150. The lowest BCUT2D eigenvalue weighted by molar-refractivity contribution is -0.274. The number of hydrogen-bond acceptors (Lipinski definition) is 5. The maximum absolute atomic E-state index is 12.4. The van der Waals surface area contributed by atoms with Gasteiger partial charge in [-0.1, -0.05) is 6.58 Å². The SMILES string of the molecule is C=C(C)C(=O)N1CC(c2nn(-c3ccc(OC(F)(F)F)cc3)c3nccc(CO)c23)C1. The molecular weight excluding hydrogens is 413 g/mol. The number of carbonyl (C=O) groups excluding carboxylic acids is 1. The molecule has 0 aliphatic carbocycles. The molecule has 0 bridgehead atoms. The van der Waals surface area contributed by atoms with Gasteiger partial charge in [0.1, 0.15) is 5.75 Å². The van der Waals surface area contributed by atoms with E-state index in [2.05, 4.69) is 21.4 Å². The van der Waals surface area contributed by atoms with Crippen molar-refractivity contribution in [3.8, 4) is 11.4 Å². The van der Waals surface area contributed by atoms with Gasteiger partial charge in [-0.3, -0.25) is 4.79 Å². The lowest BCUT2D eigenvalue weighted by Crippen LogP contribution is -2.48. The van der Waals surface area contributed by atoms with Crippen LogP contribution >= 0.6 is 0 Å². The largest absolute Gasteiger partial charge is 0.573 e. The summed E-state index contributed by atoms with van der Waals surface area (Å²) in [6, 6.07) is 6.98. The number of likely N-dealkylation sites (tertiary alicyclic amines) is 1. The van der Waals surface area contributed by atoms with Gasteiger partial charge in [-0.2, -0.15) is 5.10 Å². The Balaban J connectivity index is 1.71. The van der Waals surface area contributed by atoms with Crippen molar-refractivity contribution >= 4 is 16.9 Å². The second kappa shape index (κ2) is 7.69. The van der Waals surface area contributed by atoms with Crippen LogP contribution in [-0.2, 0) is 11.4 Å². The molecular formula is C21H19F3N4O3. The van der Waals surface area contributed by atoms with Crippen LogP contribution in [0, 0.1) is 0 Å². The zero-order valence-electron chi connectivity index (χ0n) is 16.6. The molecule has 3 aromatic rings. The smallest absolute Gasteiger partial charge is 0.406 e. The standard InChI is InChI=1S/C21H19F3N4O3/c1-12(2)20(30)27-9-14(10-27)18-17-13(11-29)7-8-25-19(17)28(26-18)15-3-5-16(6-4-15)31-21(22,23)24/h3-8,14,29H,1,9-11H2,2H3. The number of amides is 1. The number of nitrogens with zero attached hydrogens (tertiary/aromatic N) is 4. The number of benzene rings is 1. The van der Waals surface area contributed by atoms with Crippen LogP contribution in [0.25, 0.3) is 16.7 Å². The molecule has 1 saturated heterocycles. The fourth-order valence-electron chi connectivity index (χ4n) is 3.61. The summed E-state index contributed by atoms with van der Waals surface area (Å²) in [5.74, 6) is -0.528. The van der Waals surface area contributed by atoms with E-state index < -0.39 is 6.36 Å². The van der Waals surface area contributed by atoms with Crippen LogP contribution in [0.4, 0.5) is 13.2 Å². The van der Waals surface area contributed by atoms with Gasteiger partial charge in [-0.15, -0.1) is 13.2 Å². The fourth-order valence-corrected chi connectivity index (χ4v) is 3.61. The molecule has 0 saturated carbocycles. The van der Waals surface area contributed by atoms with Crippen LogP contribution in [-0.4, -0.2) is 50.1 Å². The number of hydrogen-bond donors (Lipinski definition) is 1. The number of halogens is 3. The molecule has 0 spiro atoms. The molecule has 1 aliphatic heterocycles. The Hall–Kier alpha value is -3.40. The number of carbonyl (C=O) groups is 1. The summed E-state index contributed by atoms with van der Waals surface area (Å²) in [5, 5.41) is 15.1. The molecule has 1 amide bonds. The Morgan fingerprint density at radius 2 is 1.94 bits per heavy atom. The van der Waals surface area contributed by atoms with Crippen molar-refractivity contribution < 1.29 is 27.8 Å². The van der Waals surface area contributed by atoms with Crippen molar-refractivity contribution in [1.29, 1.82) is 0 Å². The number of alkyl halides is 3. The van der Waals surface area contributed by atoms with E-state index in [1.807, 2.05) is 0 Å². The molecule has 4 rings (SSSR count). The highest BCUT2D eigenvalue weighted by Gasteiger charge is 2.36. The third kappa shape index (κ3) is 3.98. The van der Waals surface area contributed by atoms with Gasteiger partial charge < -0.3 is 14.7 Å². The van der Waals surface area contributed by atoms with E-state index in [0.717, 1.165) is 0 Å². The lowest BCUT2D eigenvalue weighted by Gasteiger charge is -2.38.